The summed E-state index contributed by atoms with van der Waals surface area (Å²) in [6.07, 6.45) is 2.21. The van der Waals surface area contributed by atoms with Crippen molar-refractivity contribution in [1.29, 1.82) is 0 Å². The van der Waals surface area contributed by atoms with E-state index in [0.717, 1.165) is 33.8 Å². The van der Waals surface area contributed by atoms with Crippen LogP contribution in [0, 0.1) is 0 Å². The average Bonchev–Trinajstić information content (AvgIpc) is 2.67. The second-order valence-electron chi connectivity index (χ2n) is 5.74. The van der Waals surface area contributed by atoms with Gasteiger partial charge in [-0.15, -0.1) is 0 Å². The van der Waals surface area contributed by atoms with E-state index in [2.05, 4.69) is 42.5 Å². The van der Waals surface area contributed by atoms with Gasteiger partial charge in [0.25, 0.3) is 0 Å². The maximum Gasteiger partial charge on any atom is 0.127 e. The van der Waals surface area contributed by atoms with Crippen LogP contribution < -0.4 is 9.47 Å². The molecule has 25 heavy (non-hydrogen) atoms. The van der Waals surface area contributed by atoms with E-state index in [1.165, 1.54) is 9.79 Å². The standard InChI is InChI=1S/C22H18O2S/c1-23-17-10-6-12-19-21(17)16(14-15-8-4-3-5-9-15)22-18(24-2)11-7-13-20(22)25-19/h3-14H,1-2H3. The van der Waals surface area contributed by atoms with Gasteiger partial charge in [-0.25, -0.2) is 0 Å². The van der Waals surface area contributed by atoms with E-state index < -0.39 is 0 Å². The molecule has 3 aromatic rings. The van der Waals surface area contributed by atoms with E-state index in [1.54, 1.807) is 26.0 Å². The lowest BCUT2D eigenvalue weighted by molar-refractivity contribution is 0.409. The van der Waals surface area contributed by atoms with Gasteiger partial charge in [-0.05, 0) is 41.5 Å². The van der Waals surface area contributed by atoms with Crippen LogP contribution in [0.3, 0.4) is 0 Å². The van der Waals surface area contributed by atoms with Crippen LogP contribution in [0.5, 0.6) is 11.5 Å². The van der Waals surface area contributed by atoms with Crippen LogP contribution in [-0.4, -0.2) is 14.2 Å². The van der Waals surface area contributed by atoms with Crippen molar-refractivity contribution < 1.29 is 9.47 Å². The van der Waals surface area contributed by atoms with E-state index in [1.807, 2.05) is 30.3 Å². The zero-order chi connectivity index (χ0) is 17.2. The summed E-state index contributed by atoms with van der Waals surface area (Å²) in [6.45, 7) is 0. The van der Waals surface area contributed by atoms with Crippen molar-refractivity contribution in [3.05, 3.63) is 83.4 Å². The summed E-state index contributed by atoms with van der Waals surface area (Å²) in [5, 5.41) is 0. The first-order chi connectivity index (χ1) is 12.3. The zero-order valence-corrected chi connectivity index (χ0v) is 15.0. The second kappa shape index (κ2) is 6.69. The molecule has 124 valence electrons. The summed E-state index contributed by atoms with van der Waals surface area (Å²) >= 11 is 1.76. The minimum Gasteiger partial charge on any atom is -0.496 e. The number of fused-ring (bicyclic) bond motifs is 2. The monoisotopic (exact) mass is 346 g/mol. The average molecular weight is 346 g/mol. The maximum atomic E-state index is 5.67. The Hall–Kier alpha value is -2.65. The minimum atomic E-state index is 0.878. The van der Waals surface area contributed by atoms with Gasteiger partial charge in [0.1, 0.15) is 11.5 Å². The number of hydrogen-bond donors (Lipinski definition) is 0. The summed E-state index contributed by atoms with van der Waals surface area (Å²) in [6, 6.07) is 22.7. The van der Waals surface area contributed by atoms with Gasteiger partial charge in [-0.2, -0.15) is 0 Å². The summed E-state index contributed by atoms with van der Waals surface area (Å²) in [4.78, 5) is 2.39. The van der Waals surface area contributed by atoms with E-state index >= 15 is 0 Å². The van der Waals surface area contributed by atoms with Crippen molar-refractivity contribution in [2.45, 2.75) is 9.79 Å². The summed E-state index contributed by atoms with van der Waals surface area (Å²) in [7, 11) is 3.44. The molecule has 0 radical (unpaired) electrons. The molecule has 0 fully saturated rings. The molecular weight excluding hydrogens is 328 g/mol. The first kappa shape index (κ1) is 15.9. The summed E-state index contributed by atoms with van der Waals surface area (Å²) in [5.74, 6) is 1.76. The van der Waals surface area contributed by atoms with E-state index in [-0.39, 0.29) is 0 Å². The smallest absolute Gasteiger partial charge is 0.127 e. The van der Waals surface area contributed by atoms with Crippen molar-refractivity contribution in [1.82, 2.24) is 0 Å². The number of rotatable bonds is 3. The lowest BCUT2D eigenvalue weighted by Gasteiger charge is -2.25. The van der Waals surface area contributed by atoms with Crippen LogP contribution in [0.15, 0.2) is 76.5 Å². The number of ether oxygens (including phenoxy) is 2. The predicted molar refractivity (Wildman–Crippen MR) is 104 cm³/mol. The molecular formula is C22H18O2S. The Kier molecular flexibility index (Phi) is 4.24. The molecule has 1 aliphatic rings. The Morgan fingerprint density at radius 1 is 0.680 bits per heavy atom. The highest BCUT2D eigenvalue weighted by molar-refractivity contribution is 7.99. The highest BCUT2D eigenvalue weighted by Crippen LogP contribution is 2.51. The SMILES string of the molecule is COc1cccc2c1C(=Cc1ccccc1)c1c(OC)cccc1S2. The van der Waals surface area contributed by atoms with Crippen LogP contribution in [0.1, 0.15) is 16.7 Å². The number of benzene rings is 3. The first-order valence-electron chi connectivity index (χ1n) is 8.11. The van der Waals surface area contributed by atoms with Gasteiger partial charge in [0, 0.05) is 20.9 Å². The quantitative estimate of drug-likeness (QED) is 0.470. The Labute approximate surface area is 152 Å². The van der Waals surface area contributed by atoms with Crippen LogP contribution in [0.25, 0.3) is 11.6 Å². The highest BCUT2D eigenvalue weighted by Gasteiger charge is 2.26. The van der Waals surface area contributed by atoms with Gasteiger partial charge < -0.3 is 9.47 Å². The van der Waals surface area contributed by atoms with Gasteiger partial charge in [-0.1, -0.05) is 54.2 Å². The van der Waals surface area contributed by atoms with Crippen LogP contribution in [-0.2, 0) is 0 Å². The van der Waals surface area contributed by atoms with Gasteiger partial charge in [-0.3, -0.25) is 0 Å². The molecule has 0 aromatic heterocycles. The molecule has 0 saturated carbocycles. The van der Waals surface area contributed by atoms with Crippen LogP contribution in [0.4, 0.5) is 0 Å². The van der Waals surface area contributed by atoms with Crippen molar-refractivity contribution in [2.75, 3.05) is 14.2 Å². The van der Waals surface area contributed by atoms with Crippen molar-refractivity contribution >= 4 is 23.4 Å². The Balaban J connectivity index is 2.03. The molecule has 0 amide bonds. The fourth-order valence-electron chi connectivity index (χ4n) is 3.17. The molecule has 0 aliphatic carbocycles. The van der Waals surface area contributed by atoms with Gasteiger partial charge in [0.15, 0.2) is 0 Å². The molecule has 1 aliphatic heterocycles. The van der Waals surface area contributed by atoms with Gasteiger partial charge >= 0.3 is 0 Å². The van der Waals surface area contributed by atoms with E-state index in [4.69, 9.17) is 9.47 Å². The fourth-order valence-corrected chi connectivity index (χ4v) is 4.32. The lowest BCUT2D eigenvalue weighted by Crippen LogP contribution is -2.04. The minimum absolute atomic E-state index is 0.878. The molecule has 3 aromatic carbocycles. The molecule has 2 nitrogen and oxygen atoms in total. The number of hydrogen-bond acceptors (Lipinski definition) is 3. The zero-order valence-electron chi connectivity index (χ0n) is 14.2. The molecule has 0 spiro atoms. The van der Waals surface area contributed by atoms with E-state index in [0.29, 0.717) is 0 Å². The largest absolute Gasteiger partial charge is 0.496 e. The molecule has 0 saturated heterocycles. The van der Waals surface area contributed by atoms with Gasteiger partial charge in [0.2, 0.25) is 0 Å². The third-order valence-electron chi connectivity index (χ3n) is 4.28. The van der Waals surface area contributed by atoms with Crippen LogP contribution in [0.2, 0.25) is 0 Å². The first-order valence-corrected chi connectivity index (χ1v) is 8.93. The van der Waals surface area contributed by atoms with E-state index in [9.17, 15) is 0 Å². The number of methoxy groups -OCH3 is 2. The lowest BCUT2D eigenvalue weighted by atomic mass is 9.93. The highest BCUT2D eigenvalue weighted by atomic mass is 32.2. The summed E-state index contributed by atoms with van der Waals surface area (Å²) in [5.41, 5.74) is 4.52. The van der Waals surface area contributed by atoms with Crippen molar-refractivity contribution in [3.8, 4) is 11.5 Å². The third kappa shape index (κ3) is 2.81. The molecule has 3 heteroatoms. The normalized spacial score (nSPS) is 12.2. The summed E-state index contributed by atoms with van der Waals surface area (Å²) < 4.78 is 11.3. The van der Waals surface area contributed by atoms with Crippen molar-refractivity contribution in [2.24, 2.45) is 0 Å². The Morgan fingerprint density at radius 2 is 1.24 bits per heavy atom. The predicted octanol–water partition coefficient (Wildman–Crippen LogP) is 5.76. The maximum absolute atomic E-state index is 5.67. The molecule has 0 atom stereocenters. The molecule has 1 heterocycles. The third-order valence-corrected chi connectivity index (χ3v) is 5.41. The topological polar surface area (TPSA) is 18.5 Å². The Morgan fingerprint density at radius 3 is 1.76 bits per heavy atom. The fraction of sp³-hybridized carbons (Fsp3) is 0.0909. The van der Waals surface area contributed by atoms with Gasteiger partial charge in [0.05, 0.1) is 14.2 Å². The van der Waals surface area contributed by atoms with Crippen LogP contribution >= 0.6 is 11.8 Å². The Bertz CT molecular complexity index is 890. The van der Waals surface area contributed by atoms with Crippen molar-refractivity contribution in [3.63, 3.8) is 0 Å². The second-order valence-corrected chi connectivity index (χ2v) is 6.82. The molecule has 0 bridgehead atoms. The molecule has 4 rings (SSSR count). The molecule has 0 unspecified atom stereocenters. The molecule has 0 N–H and O–H groups in total.